The molecule has 1 unspecified atom stereocenters. The second-order valence-corrected chi connectivity index (χ2v) is 6.92. The van der Waals surface area contributed by atoms with Gasteiger partial charge in [-0.2, -0.15) is 0 Å². The van der Waals surface area contributed by atoms with Crippen molar-refractivity contribution in [1.29, 1.82) is 0 Å². The fourth-order valence-corrected chi connectivity index (χ4v) is 3.75. The molecule has 8 heteroatoms. The predicted molar refractivity (Wildman–Crippen MR) is 109 cm³/mol. The van der Waals surface area contributed by atoms with Crippen molar-refractivity contribution in [3.63, 3.8) is 0 Å². The SMILES string of the molecule is COc1ccc2c(c1OC)CCC2NC(=O)Nc1cccc(-c2cn(C)nn2)c1. The fourth-order valence-electron chi connectivity index (χ4n) is 3.75. The number of rotatable bonds is 5. The van der Waals surface area contributed by atoms with Crippen LogP contribution in [0.15, 0.2) is 42.6 Å². The van der Waals surface area contributed by atoms with Gasteiger partial charge in [0.2, 0.25) is 0 Å². The Hall–Kier alpha value is -3.55. The van der Waals surface area contributed by atoms with E-state index < -0.39 is 0 Å². The molecule has 0 aliphatic heterocycles. The highest BCUT2D eigenvalue weighted by Gasteiger charge is 2.28. The van der Waals surface area contributed by atoms with Crippen molar-refractivity contribution in [3.8, 4) is 22.8 Å². The second-order valence-electron chi connectivity index (χ2n) is 6.92. The Bertz CT molecular complexity index is 1050. The average Bonchev–Trinajstić information content (AvgIpc) is 3.33. The standard InChI is InChI=1S/C21H23N5O3/c1-26-12-18(24-25-26)13-5-4-6-14(11-13)22-21(27)23-17-9-7-16-15(17)8-10-19(28-2)20(16)29-3/h4-6,8,10-12,17H,7,9H2,1-3H3,(H2,22,23,27). The molecule has 0 fully saturated rings. The zero-order chi connectivity index (χ0) is 20.4. The Morgan fingerprint density at radius 2 is 2.07 bits per heavy atom. The van der Waals surface area contributed by atoms with E-state index in [-0.39, 0.29) is 12.1 Å². The van der Waals surface area contributed by atoms with Gasteiger partial charge in [-0.15, -0.1) is 5.10 Å². The van der Waals surface area contributed by atoms with Crippen LogP contribution in [0.4, 0.5) is 10.5 Å². The van der Waals surface area contributed by atoms with Gasteiger partial charge in [0, 0.05) is 23.9 Å². The van der Waals surface area contributed by atoms with Crippen LogP contribution in [0.1, 0.15) is 23.6 Å². The largest absolute Gasteiger partial charge is 0.493 e. The van der Waals surface area contributed by atoms with Crippen LogP contribution in [0.5, 0.6) is 11.5 Å². The lowest BCUT2D eigenvalue weighted by atomic mass is 10.1. The van der Waals surface area contributed by atoms with E-state index in [0.29, 0.717) is 11.4 Å². The van der Waals surface area contributed by atoms with Gasteiger partial charge in [-0.25, -0.2) is 4.79 Å². The molecular formula is C21H23N5O3. The summed E-state index contributed by atoms with van der Waals surface area (Å²) in [6.07, 6.45) is 3.46. The van der Waals surface area contributed by atoms with Crippen LogP contribution in [-0.4, -0.2) is 35.2 Å². The molecule has 29 heavy (non-hydrogen) atoms. The molecule has 3 aromatic rings. The highest BCUT2D eigenvalue weighted by Crippen LogP contribution is 2.42. The molecule has 1 aliphatic rings. The third kappa shape index (κ3) is 3.73. The Morgan fingerprint density at radius 3 is 2.79 bits per heavy atom. The summed E-state index contributed by atoms with van der Waals surface area (Å²) in [7, 11) is 5.07. The number of benzene rings is 2. The number of nitrogens with one attached hydrogen (secondary N) is 2. The first-order valence-corrected chi connectivity index (χ1v) is 9.37. The van der Waals surface area contributed by atoms with Crippen molar-refractivity contribution in [2.24, 2.45) is 7.05 Å². The summed E-state index contributed by atoms with van der Waals surface area (Å²) in [6, 6.07) is 11.1. The van der Waals surface area contributed by atoms with Crippen LogP contribution in [-0.2, 0) is 13.5 Å². The Morgan fingerprint density at radius 1 is 1.21 bits per heavy atom. The van der Waals surface area contributed by atoms with Gasteiger partial charge in [0.05, 0.1) is 26.5 Å². The van der Waals surface area contributed by atoms with E-state index in [1.165, 1.54) is 0 Å². The maximum atomic E-state index is 12.6. The fraction of sp³-hybridized carbons (Fsp3) is 0.286. The topological polar surface area (TPSA) is 90.3 Å². The quantitative estimate of drug-likeness (QED) is 0.694. The molecule has 0 saturated heterocycles. The van der Waals surface area contributed by atoms with Gasteiger partial charge in [-0.05, 0) is 36.6 Å². The van der Waals surface area contributed by atoms with Crippen molar-refractivity contribution in [3.05, 3.63) is 53.7 Å². The zero-order valence-electron chi connectivity index (χ0n) is 16.6. The summed E-state index contributed by atoms with van der Waals surface area (Å²) in [5.74, 6) is 1.45. The summed E-state index contributed by atoms with van der Waals surface area (Å²) in [5.41, 5.74) is 4.48. The molecule has 0 bridgehead atoms. The van der Waals surface area contributed by atoms with E-state index >= 15 is 0 Å². The molecule has 0 spiro atoms. The lowest BCUT2D eigenvalue weighted by Gasteiger charge is -2.17. The molecular weight excluding hydrogens is 370 g/mol. The van der Waals surface area contributed by atoms with E-state index in [0.717, 1.165) is 41.0 Å². The summed E-state index contributed by atoms with van der Waals surface area (Å²) < 4.78 is 12.5. The molecule has 8 nitrogen and oxygen atoms in total. The third-order valence-corrected chi connectivity index (χ3v) is 5.07. The van der Waals surface area contributed by atoms with Gasteiger partial charge in [0.15, 0.2) is 11.5 Å². The Balaban J connectivity index is 1.47. The maximum absolute atomic E-state index is 12.6. The lowest BCUT2D eigenvalue weighted by Crippen LogP contribution is -2.31. The van der Waals surface area contributed by atoms with Crippen molar-refractivity contribution < 1.29 is 14.3 Å². The molecule has 1 aromatic heterocycles. The highest BCUT2D eigenvalue weighted by molar-refractivity contribution is 5.90. The van der Waals surface area contributed by atoms with Crippen LogP contribution < -0.4 is 20.1 Å². The number of hydrogen-bond acceptors (Lipinski definition) is 5. The molecule has 2 aromatic carbocycles. The molecule has 1 atom stereocenters. The van der Waals surface area contributed by atoms with Crippen LogP contribution in [0.2, 0.25) is 0 Å². The normalized spacial score (nSPS) is 14.9. The molecule has 0 radical (unpaired) electrons. The minimum Gasteiger partial charge on any atom is -0.493 e. The number of aryl methyl sites for hydroxylation is 1. The van der Waals surface area contributed by atoms with Gasteiger partial charge in [0.25, 0.3) is 0 Å². The summed E-state index contributed by atoms with van der Waals surface area (Å²) >= 11 is 0. The predicted octanol–water partition coefficient (Wildman–Crippen LogP) is 3.31. The van der Waals surface area contributed by atoms with Crippen LogP contribution in [0, 0.1) is 0 Å². The third-order valence-electron chi connectivity index (χ3n) is 5.07. The number of carbonyl (C=O) groups is 1. The minimum absolute atomic E-state index is 0.0759. The van der Waals surface area contributed by atoms with Crippen LogP contribution in [0.25, 0.3) is 11.3 Å². The smallest absolute Gasteiger partial charge is 0.319 e. The Labute approximate surface area is 168 Å². The van der Waals surface area contributed by atoms with E-state index in [4.69, 9.17) is 9.47 Å². The molecule has 0 saturated carbocycles. The lowest BCUT2D eigenvalue weighted by molar-refractivity contribution is 0.248. The van der Waals surface area contributed by atoms with Gasteiger partial charge in [-0.1, -0.05) is 23.4 Å². The summed E-state index contributed by atoms with van der Waals surface area (Å²) in [4.78, 5) is 12.6. The molecule has 1 heterocycles. The van der Waals surface area contributed by atoms with Gasteiger partial charge in [0.1, 0.15) is 5.69 Å². The van der Waals surface area contributed by atoms with Crippen molar-refractivity contribution >= 4 is 11.7 Å². The molecule has 150 valence electrons. The Kier molecular flexibility index (Phi) is 5.07. The van der Waals surface area contributed by atoms with Gasteiger partial charge < -0.3 is 20.1 Å². The van der Waals surface area contributed by atoms with E-state index in [9.17, 15) is 4.79 Å². The number of carbonyl (C=O) groups excluding carboxylic acids is 1. The number of methoxy groups -OCH3 is 2. The number of nitrogens with zero attached hydrogens (tertiary/aromatic N) is 3. The molecule has 1 aliphatic carbocycles. The number of hydrogen-bond donors (Lipinski definition) is 2. The number of fused-ring (bicyclic) bond motifs is 1. The van der Waals surface area contributed by atoms with E-state index in [2.05, 4.69) is 20.9 Å². The first kappa shape index (κ1) is 18.8. The van der Waals surface area contributed by atoms with Crippen molar-refractivity contribution in [2.75, 3.05) is 19.5 Å². The minimum atomic E-state index is -0.256. The first-order chi connectivity index (χ1) is 14.1. The van der Waals surface area contributed by atoms with E-state index in [1.807, 2.05) is 49.6 Å². The molecule has 2 N–H and O–H groups in total. The average molecular weight is 393 g/mol. The number of amides is 2. The summed E-state index contributed by atoms with van der Waals surface area (Å²) in [6.45, 7) is 0. The number of aromatic nitrogens is 3. The van der Waals surface area contributed by atoms with Crippen molar-refractivity contribution in [2.45, 2.75) is 18.9 Å². The maximum Gasteiger partial charge on any atom is 0.319 e. The monoisotopic (exact) mass is 393 g/mol. The summed E-state index contributed by atoms with van der Waals surface area (Å²) in [5, 5.41) is 14.0. The highest BCUT2D eigenvalue weighted by atomic mass is 16.5. The van der Waals surface area contributed by atoms with Crippen molar-refractivity contribution in [1.82, 2.24) is 20.3 Å². The van der Waals surface area contributed by atoms with Gasteiger partial charge in [-0.3, -0.25) is 4.68 Å². The van der Waals surface area contributed by atoms with Crippen LogP contribution in [0.3, 0.4) is 0 Å². The second kappa shape index (κ2) is 7.83. The zero-order valence-corrected chi connectivity index (χ0v) is 16.6. The van der Waals surface area contributed by atoms with Crippen LogP contribution >= 0.6 is 0 Å². The number of ether oxygens (including phenoxy) is 2. The number of urea groups is 1. The van der Waals surface area contributed by atoms with Gasteiger partial charge >= 0.3 is 6.03 Å². The number of anilines is 1. The molecule has 2 amide bonds. The molecule has 4 rings (SSSR count). The first-order valence-electron chi connectivity index (χ1n) is 9.37. The van der Waals surface area contributed by atoms with E-state index in [1.54, 1.807) is 18.9 Å².